The molecular formula is C20H20FNO4. The lowest BCUT2D eigenvalue weighted by Crippen LogP contribution is -2.30. The SMILES string of the molecule is COc1ccc(CCNC(=O)COC(=O)/C=C/c2cccc(F)c2)cc1. The fourth-order valence-corrected chi connectivity index (χ4v) is 2.15. The molecule has 0 heterocycles. The Balaban J connectivity index is 1.66. The first kappa shape index (κ1) is 19.2. The topological polar surface area (TPSA) is 64.6 Å². The molecule has 0 aliphatic carbocycles. The van der Waals surface area contributed by atoms with Crippen molar-refractivity contribution in [1.82, 2.24) is 5.32 Å². The van der Waals surface area contributed by atoms with Crippen LogP contribution in [0.5, 0.6) is 5.75 Å². The van der Waals surface area contributed by atoms with E-state index in [9.17, 15) is 14.0 Å². The minimum absolute atomic E-state index is 0.366. The maximum absolute atomic E-state index is 13.0. The van der Waals surface area contributed by atoms with Crippen LogP contribution in [-0.4, -0.2) is 32.1 Å². The molecule has 6 heteroatoms. The third-order valence-corrected chi connectivity index (χ3v) is 3.50. The van der Waals surface area contributed by atoms with Crippen molar-refractivity contribution in [2.75, 3.05) is 20.3 Å². The van der Waals surface area contributed by atoms with Gasteiger partial charge in [0, 0.05) is 12.6 Å². The standard InChI is InChI=1S/C20H20FNO4/c1-25-18-8-5-15(6-9-18)11-12-22-19(23)14-26-20(24)10-7-16-3-2-4-17(21)13-16/h2-10,13H,11-12,14H2,1H3,(H,22,23)/b10-7+. The summed E-state index contributed by atoms with van der Waals surface area (Å²) in [6.45, 7) is 0.0663. The highest BCUT2D eigenvalue weighted by Gasteiger charge is 2.05. The summed E-state index contributed by atoms with van der Waals surface area (Å²) >= 11 is 0. The highest BCUT2D eigenvalue weighted by molar-refractivity contribution is 5.89. The van der Waals surface area contributed by atoms with Gasteiger partial charge in [0.25, 0.3) is 5.91 Å². The third kappa shape index (κ3) is 6.76. The number of halogens is 1. The number of amides is 1. The lowest BCUT2D eigenvalue weighted by molar-refractivity contribution is -0.143. The molecule has 0 saturated heterocycles. The van der Waals surface area contributed by atoms with Crippen LogP contribution in [0.15, 0.2) is 54.6 Å². The van der Waals surface area contributed by atoms with Gasteiger partial charge in [-0.25, -0.2) is 9.18 Å². The van der Waals surface area contributed by atoms with Crippen LogP contribution < -0.4 is 10.1 Å². The fourth-order valence-electron chi connectivity index (χ4n) is 2.15. The molecule has 2 aromatic carbocycles. The van der Waals surface area contributed by atoms with Crippen LogP contribution in [0, 0.1) is 5.82 Å². The van der Waals surface area contributed by atoms with Crippen LogP contribution in [0.25, 0.3) is 6.08 Å². The summed E-state index contributed by atoms with van der Waals surface area (Å²) in [6.07, 6.45) is 3.23. The van der Waals surface area contributed by atoms with Gasteiger partial charge in [-0.05, 0) is 47.9 Å². The lowest BCUT2D eigenvalue weighted by atomic mass is 10.1. The van der Waals surface area contributed by atoms with Gasteiger partial charge >= 0.3 is 5.97 Å². The van der Waals surface area contributed by atoms with E-state index < -0.39 is 11.8 Å². The van der Waals surface area contributed by atoms with E-state index in [4.69, 9.17) is 9.47 Å². The molecule has 0 aliphatic heterocycles. The first-order valence-electron chi connectivity index (χ1n) is 8.07. The lowest BCUT2D eigenvalue weighted by Gasteiger charge is -2.06. The molecule has 0 aliphatic rings. The first-order valence-corrected chi connectivity index (χ1v) is 8.07. The normalized spacial score (nSPS) is 10.5. The molecule has 0 aromatic heterocycles. The maximum Gasteiger partial charge on any atom is 0.331 e. The second kappa shape index (κ2) is 9.98. The van der Waals surface area contributed by atoms with Crippen LogP contribution in [0.3, 0.4) is 0 Å². The van der Waals surface area contributed by atoms with Gasteiger partial charge in [-0.3, -0.25) is 4.79 Å². The molecule has 0 fully saturated rings. The van der Waals surface area contributed by atoms with Crippen molar-refractivity contribution in [3.8, 4) is 5.75 Å². The van der Waals surface area contributed by atoms with E-state index in [2.05, 4.69) is 5.32 Å². The Kier molecular flexibility index (Phi) is 7.36. The van der Waals surface area contributed by atoms with Gasteiger partial charge in [0.2, 0.25) is 0 Å². The van der Waals surface area contributed by atoms with Gasteiger partial charge in [-0.15, -0.1) is 0 Å². The number of hydrogen-bond donors (Lipinski definition) is 1. The molecule has 0 saturated carbocycles. The summed E-state index contributed by atoms with van der Waals surface area (Å²) in [4.78, 5) is 23.2. The average molecular weight is 357 g/mol. The van der Waals surface area contributed by atoms with Crippen molar-refractivity contribution in [2.45, 2.75) is 6.42 Å². The van der Waals surface area contributed by atoms with E-state index in [1.807, 2.05) is 24.3 Å². The molecule has 0 unspecified atom stereocenters. The van der Waals surface area contributed by atoms with Crippen LogP contribution in [0.1, 0.15) is 11.1 Å². The predicted octanol–water partition coefficient (Wildman–Crippen LogP) is 2.75. The number of carbonyl (C=O) groups is 2. The highest BCUT2D eigenvalue weighted by atomic mass is 19.1. The number of nitrogens with one attached hydrogen (secondary N) is 1. The molecule has 0 atom stereocenters. The molecule has 26 heavy (non-hydrogen) atoms. The summed E-state index contributed by atoms with van der Waals surface area (Å²) < 4.78 is 22.9. The van der Waals surface area contributed by atoms with Crippen molar-refractivity contribution < 1.29 is 23.5 Å². The largest absolute Gasteiger partial charge is 0.497 e. The third-order valence-electron chi connectivity index (χ3n) is 3.50. The van der Waals surface area contributed by atoms with Crippen LogP contribution in [-0.2, 0) is 20.7 Å². The van der Waals surface area contributed by atoms with Crippen molar-refractivity contribution in [3.63, 3.8) is 0 Å². The molecule has 0 bridgehead atoms. The average Bonchev–Trinajstić information content (AvgIpc) is 2.65. The van der Waals surface area contributed by atoms with Crippen molar-refractivity contribution in [1.29, 1.82) is 0 Å². The number of hydrogen-bond acceptors (Lipinski definition) is 4. The van der Waals surface area contributed by atoms with Gasteiger partial charge in [0.15, 0.2) is 6.61 Å². The van der Waals surface area contributed by atoms with Crippen LogP contribution in [0.4, 0.5) is 4.39 Å². The minimum Gasteiger partial charge on any atom is -0.497 e. The molecular weight excluding hydrogens is 337 g/mol. The number of benzene rings is 2. The number of esters is 1. The van der Waals surface area contributed by atoms with Gasteiger partial charge in [-0.1, -0.05) is 24.3 Å². The van der Waals surface area contributed by atoms with Gasteiger partial charge in [-0.2, -0.15) is 0 Å². The summed E-state index contributed by atoms with van der Waals surface area (Å²) in [5.41, 5.74) is 1.59. The molecule has 1 N–H and O–H groups in total. The maximum atomic E-state index is 13.0. The Morgan fingerprint density at radius 2 is 1.92 bits per heavy atom. The smallest absolute Gasteiger partial charge is 0.331 e. The second-order valence-electron chi connectivity index (χ2n) is 5.44. The van der Waals surface area contributed by atoms with E-state index in [0.717, 1.165) is 17.4 Å². The second-order valence-corrected chi connectivity index (χ2v) is 5.44. The van der Waals surface area contributed by atoms with Crippen LogP contribution in [0.2, 0.25) is 0 Å². The zero-order valence-corrected chi connectivity index (χ0v) is 14.4. The van der Waals surface area contributed by atoms with Gasteiger partial charge in [0.05, 0.1) is 7.11 Å². The number of carbonyl (C=O) groups excluding carboxylic acids is 2. The fraction of sp³-hybridized carbons (Fsp3) is 0.200. The van der Waals surface area contributed by atoms with E-state index in [1.165, 1.54) is 24.3 Å². The molecule has 1 amide bonds. The van der Waals surface area contributed by atoms with Crippen molar-refractivity contribution in [2.24, 2.45) is 0 Å². The minimum atomic E-state index is -0.667. The van der Waals surface area contributed by atoms with Crippen molar-refractivity contribution in [3.05, 3.63) is 71.6 Å². The Morgan fingerprint density at radius 1 is 1.15 bits per heavy atom. The molecule has 0 radical (unpaired) electrons. The van der Waals surface area contributed by atoms with E-state index >= 15 is 0 Å². The molecule has 5 nitrogen and oxygen atoms in total. The summed E-state index contributed by atoms with van der Waals surface area (Å²) in [6, 6.07) is 13.3. The number of rotatable bonds is 8. The predicted molar refractivity (Wildman–Crippen MR) is 96.1 cm³/mol. The Bertz CT molecular complexity index is 772. The Morgan fingerprint density at radius 3 is 2.62 bits per heavy atom. The van der Waals surface area contributed by atoms with E-state index in [-0.39, 0.29) is 12.5 Å². The Hall–Kier alpha value is -3.15. The first-order chi connectivity index (χ1) is 12.6. The summed E-state index contributed by atoms with van der Waals surface area (Å²) in [7, 11) is 1.60. The molecule has 0 spiro atoms. The quantitative estimate of drug-likeness (QED) is 0.583. The zero-order chi connectivity index (χ0) is 18.8. The summed E-state index contributed by atoms with van der Waals surface area (Å²) in [5, 5.41) is 2.68. The monoisotopic (exact) mass is 357 g/mol. The number of methoxy groups -OCH3 is 1. The van der Waals surface area contributed by atoms with E-state index in [1.54, 1.807) is 13.2 Å². The van der Waals surface area contributed by atoms with Gasteiger partial charge in [0.1, 0.15) is 11.6 Å². The van der Waals surface area contributed by atoms with E-state index in [0.29, 0.717) is 18.5 Å². The molecule has 136 valence electrons. The molecule has 2 rings (SSSR count). The summed E-state index contributed by atoms with van der Waals surface area (Å²) in [5.74, 6) is -0.668. The Labute approximate surface area is 151 Å². The zero-order valence-electron chi connectivity index (χ0n) is 14.4. The molecule has 2 aromatic rings. The highest BCUT2D eigenvalue weighted by Crippen LogP contribution is 2.11. The van der Waals surface area contributed by atoms with Crippen molar-refractivity contribution >= 4 is 18.0 Å². The number of ether oxygens (including phenoxy) is 2. The van der Waals surface area contributed by atoms with Gasteiger partial charge < -0.3 is 14.8 Å². The van der Waals surface area contributed by atoms with Crippen LogP contribution >= 0.6 is 0 Å².